The molecule has 6 heteroatoms. The van der Waals surface area contributed by atoms with Gasteiger partial charge in [0, 0.05) is 24.1 Å². The van der Waals surface area contributed by atoms with Gasteiger partial charge in [0.15, 0.2) is 6.29 Å². The monoisotopic (exact) mass is 421 g/mol. The van der Waals surface area contributed by atoms with Gasteiger partial charge in [-0.25, -0.2) is 8.42 Å². The molecule has 1 atom stereocenters. The lowest BCUT2D eigenvalue weighted by molar-refractivity contribution is 0.112. The second-order valence-corrected chi connectivity index (χ2v) is 9.37. The molecule has 5 nitrogen and oxygen atoms in total. The van der Waals surface area contributed by atoms with E-state index < -0.39 is 10.0 Å². The van der Waals surface area contributed by atoms with Gasteiger partial charge in [0.25, 0.3) is 10.0 Å². The molecule has 0 N–H and O–H groups in total. The lowest BCUT2D eigenvalue weighted by atomic mass is 9.90. The van der Waals surface area contributed by atoms with Gasteiger partial charge >= 0.3 is 0 Å². The zero-order valence-corrected chi connectivity index (χ0v) is 17.7. The van der Waals surface area contributed by atoms with Gasteiger partial charge in [-0.3, -0.25) is 9.10 Å². The van der Waals surface area contributed by atoms with E-state index in [0.29, 0.717) is 23.4 Å². The van der Waals surface area contributed by atoms with E-state index in [4.69, 9.17) is 4.74 Å². The van der Waals surface area contributed by atoms with Crippen LogP contribution in [0.5, 0.6) is 5.75 Å². The van der Waals surface area contributed by atoms with Crippen LogP contribution >= 0.6 is 0 Å². The van der Waals surface area contributed by atoms with Crippen molar-refractivity contribution in [3.8, 4) is 5.75 Å². The lowest BCUT2D eigenvalue weighted by Crippen LogP contribution is -2.30. The topological polar surface area (TPSA) is 63.7 Å². The Morgan fingerprint density at radius 3 is 2.40 bits per heavy atom. The first-order valence-corrected chi connectivity index (χ1v) is 11.2. The maximum absolute atomic E-state index is 13.5. The molecule has 1 unspecified atom stereocenters. The largest absolute Gasteiger partial charge is 0.497 e. The summed E-state index contributed by atoms with van der Waals surface area (Å²) in [6, 6.07) is 20.1. The Bertz CT molecular complexity index is 1170. The minimum Gasteiger partial charge on any atom is -0.497 e. The zero-order valence-electron chi connectivity index (χ0n) is 16.9. The molecule has 1 aliphatic rings. The van der Waals surface area contributed by atoms with Gasteiger partial charge in [0.05, 0.1) is 17.7 Å². The summed E-state index contributed by atoms with van der Waals surface area (Å²) in [5, 5.41) is 0. The lowest BCUT2D eigenvalue weighted by Gasteiger charge is -2.21. The van der Waals surface area contributed by atoms with Crippen molar-refractivity contribution in [3.05, 3.63) is 89.0 Å². The number of aldehydes is 1. The molecule has 3 aromatic rings. The average molecular weight is 422 g/mol. The van der Waals surface area contributed by atoms with Crippen molar-refractivity contribution < 1.29 is 17.9 Å². The fourth-order valence-electron chi connectivity index (χ4n) is 4.02. The van der Waals surface area contributed by atoms with Crippen LogP contribution in [-0.4, -0.2) is 28.4 Å². The van der Waals surface area contributed by atoms with E-state index in [0.717, 1.165) is 23.0 Å². The number of hydrogen-bond donors (Lipinski definition) is 0. The van der Waals surface area contributed by atoms with Crippen LogP contribution in [0.15, 0.2) is 71.6 Å². The Kier molecular flexibility index (Phi) is 5.35. The SMILES string of the molecule is COc1cc(C=O)c2c(c1)N(S(=O)(=O)c1ccc(C)cc1)CC2Cc1ccccc1. The third-order valence-corrected chi connectivity index (χ3v) is 7.32. The number of methoxy groups -OCH3 is 1. The van der Waals surface area contributed by atoms with Crippen LogP contribution in [0.1, 0.15) is 33.0 Å². The van der Waals surface area contributed by atoms with Crippen molar-refractivity contribution in [1.29, 1.82) is 0 Å². The molecule has 0 amide bonds. The minimum absolute atomic E-state index is 0.131. The van der Waals surface area contributed by atoms with Gasteiger partial charge in [-0.05, 0) is 42.7 Å². The third-order valence-electron chi connectivity index (χ3n) is 5.52. The summed E-state index contributed by atoms with van der Waals surface area (Å²) >= 11 is 0. The van der Waals surface area contributed by atoms with Crippen LogP contribution in [0.2, 0.25) is 0 Å². The van der Waals surface area contributed by atoms with Crippen LogP contribution in [-0.2, 0) is 16.4 Å². The number of rotatable bonds is 6. The predicted molar refractivity (Wildman–Crippen MR) is 117 cm³/mol. The van der Waals surface area contributed by atoms with Gasteiger partial charge in [-0.15, -0.1) is 0 Å². The highest BCUT2D eigenvalue weighted by Gasteiger charge is 2.38. The summed E-state index contributed by atoms with van der Waals surface area (Å²) in [5.41, 5.74) is 3.81. The number of carbonyl (C=O) groups is 1. The number of nitrogens with zero attached hydrogens (tertiary/aromatic N) is 1. The number of benzene rings is 3. The summed E-state index contributed by atoms with van der Waals surface area (Å²) in [7, 11) is -2.28. The maximum Gasteiger partial charge on any atom is 0.264 e. The molecule has 4 rings (SSSR count). The summed E-state index contributed by atoms with van der Waals surface area (Å²) in [4.78, 5) is 12.1. The number of sulfonamides is 1. The third kappa shape index (κ3) is 3.59. The van der Waals surface area contributed by atoms with Crippen LogP contribution in [0.3, 0.4) is 0 Å². The fourth-order valence-corrected chi connectivity index (χ4v) is 5.54. The van der Waals surface area contributed by atoms with E-state index >= 15 is 0 Å². The Morgan fingerprint density at radius 1 is 1.07 bits per heavy atom. The Labute approximate surface area is 177 Å². The van der Waals surface area contributed by atoms with E-state index in [-0.39, 0.29) is 17.4 Å². The molecule has 0 saturated heterocycles. The predicted octanol–water partition coefficient (Wildman–Crippen LogP) is 4.35. The Balaban J connectivity index is 1.84. The molecule has 0 bridgehead atoms. The number of aryl methyl sites for hydroxylation is 1. The van der Waals surface area contributed by atoms with Crippen LogP contribution in [0.25, 0.3) is 0 Å². The Morgan fingerprint density at radius 2 is 1.77 bits per heavy atom. The van der Waals surface area contributed by atoms with Gasteiger partial charge in [0.1, 0.15) is 5.75 Å². The summed E-state index contributed by atoms with van der Waals surface area (Å²) in [5.74, 6) is 0.328. The second-order valence-electron chi connectivity index (χ2n) is 7.50. The van der Waals surface area contributed by atoms with Gasteiger partial charge < -0.3 is 4.74 Å². The number of fused-ring (bicyclic) bond motifs is 1. The van der Waals surface area contributed by atoms with E-state index in [1.807, 2.05) is 37.3 Å². The number of anilines is 1. The molecule has 3 aromatic carbocycles. The smallest absolute Gasteiger partial charge is 0.264 e. The van der Waals surface area contributed by atoms with Crippen LogP contribution in [0.4, 0.5) is 5.69 Å². The molecule has 0 aliphatic carbocycles. The van der Waals surface area contributed by atoms with Crippen molar-refractivity contribution in [1.82, 2.24) is 0 Å². The molecule has 1 aliphatic heterocycles. The molecule has 1 heterocycles. The van der Waals surface area contributed by atoms with Crippen LogP contribution < -0.4 is 9.04 Å². The van der Waals surface area contributed by atoms with E-state index in [9.17, 15) is 13.2 Å². The summed E-state index contributed by atoms with van der Waals surface area (Å²) in [6.07, 6.45) is 1.42. The zero-order chi connectivity index (χ0) is 21.3. The first kappa shape index (κ1) is 20.2. The summed E-state index contributed by atoms with van der Waals surface area (Å²) in [6.45, 7) is 2.19. The van der Waals surface area contributed by atoms with E-state index in [1.165, 1.54) is 11.4 Å². The molecular formula is C24H23NO4S. The molecule has 30 heavy (non-hydrogen) atoms. The summed E-state index contributed by atoms with van der Waals surface area (Å²) < 4.78 is 33.8. The number of carbonyl (C=O) groups excluding carboxylic acids is 1. The second kappa shape index (κ2) is 7.95. The molecule has 0 saturated carbocycles. The van der Waals surface area contributed by atoms with Crippen LogP contribution in [0, 0.1) is 6.92 Å². The standard InChI is InChI=1S/C24H23NO4S/c1-17-8-10-22(11-9-17)30(27,28)25-15-19(12-18-6-4-3-5-7-18)24-20(16-26)13-21(29-2)14-23(24)25/h3-11,13-14,16,19H,12,15H2,1-2H3. The van der Waals surface area contributed by atoms with Gasteiger partial charge in [-0.1, -0.05) is 48.0 Å². The van der Waals surface area contributed by atoms with Crippen molar-refractivity contribution in [2.45, 2.75) is 24.2 Å². The molecular weight excluding hydrogens is 398 g/mol. The first-order chi connectivity index (χ1) is 14.4. The van der Waals surface area contributed by atoms with Crippen molar-refractivity contribution in [3.63, 3.8) is 0 Å². The molecule has 0 radical (unpaired) electrons. The first-order valence-electron chi connectivity index (χ1n) is 9.74. The minimum atomic E-state index is -3.78. The number of hydrogen-bond acceptors (Lipinski definition) is 4. The van der Waals surface area contributed by atoms with Gasteiger partial charge in [-0.2, -0.15) is 0 Å². The van der Waals surface area contributed by atoms with Crippen molar-refractivity contribution in [2.75, 3.05) is 18.0 Å². The Hall–Kier alpha value is -3.12. The van der Waals surface area contributed by atoms with E-state index in [2.05, 4.69) is 0 Å². The quantitative estimate of drug-likeness (QED) is 0.555. The molecule has 0 fully saturated rings. The highest BCUT2D eigenvalue weighted by atomic mass is 32.2. The maximum atomic E-state index is 13.5. The molecule has 0 spiro atoms. The highest BCUT2D eigenvalue weighted by Crippen LogP contribution is 2.44. The van der Waals surface area contributed by atoms with Crippen molar-refractivity contribution >= 4 is 22.0 Å². The highest BCUT2D eigenvalue weighted by molar-refractivity contribution is 7.92. The average Bonchev–Trinajstić information content (AvgIpc) is 3.13. The molecule has 154 valence electrons. The molecule has 0 aromatic heterocycles. The van der Waals surface area contributed by atoms with Gasteiger partial charge in [0.2, 0.25) is 0 Å². The van der Waals surface area contributed by atoms with E-state index in [1.54, 1.807) is 36.4 Å². The fraction of sp³-hybridized carbons (Fsp3) is 0.208. The normalized spacial score (nSPS) is 15.7. The number of ether oxygens (including phenoxy) is 1. The van der Waals surface area contributed by atoms with Crippen molar-refractivity contribution in [2.24, 2.45) is 0 Å².